The predicted molar refractivity (Wildman–Crippen MR) is 43.0 cm³/mol. The lowest BCUT2D eigenvalue weighted by atomic mass is 10.4. The molecule has 0 spiro atoms. The molecule has 1 saturated heterocycles. The summed E-state index contributed by atoms with van der Waals surface area (Å²) in [5, 5.41) is 7.00. The summed E-state index contributed by atoms with van der Waals surface area (Å²) in [7, 11) is 0. The van der Waals surface area contributed by atoms with Crippen LogP contribution in [0.1, 0.15) is 12.8 Å². The molecule has 0 aliphatic carbocycles. The number of halogens is 1. The zero-order valence-electron chi connectivity index (χ0n) is 5.26. The van der Waals surface area contributed by atoms with Gasteiger partial charge < -0.3 is 10.6 Å². The monoisotopic (exact) mass is 193 g/mol. The lowest BCUT2D eigenvalue weighted by Gasteiger charge is -2.12. The molecule has 0 unspecified atom stereocenters. The Morgan fingerprint density at radius 2 is 1.78 bits per heavy atom. The minimum atomic E-state index is 0. The van der Waals surface area contributed by atoms with Gasteiger partial charge in [0.25, 0.3) is 0 Å². The highest BCUT2D eigenvalue weighted by atomic mass is 79.9. The standard InChI is InChI=1S/C5H11N3.BrH/c6-5(7)8-3-1-2-4-8;/h1-4H2,(H3,6,7);1H. The molecule has 0 aromatic carbocycles. The van der Waals surface area contributed by atoms with Crippen LogP contribution in [0.25, 0.3) is 0 Å². The molecule has 0 saturated carbocycles. The minimum Gasteiger partial charge on any atom is -0.370 e. The fourth-order valence-corrected chi connectivity index (χ4v) is 0.958. The van der Waals surface area contributed by atoms with Crippen LogP contribution in [0.3, 0.4) is 0 Å². The second kappa shape index (κ2) is 3.71. The van der Waals surface area contributed by atoms with E-state index in [0.717, 1.165) is 13.1 Å². The van der Waals surface area contributed by atoms with Gasteiger partial charge in [-0.3, -0.25) is 5.41 Å². The molecule has 1 fully saturated rings. The fourth-order valence-electron chi connectivity index (χ4n) is 0.958. The van der Waals surface area contributed by atoms with Crippen molar-refractivity contribution < 1.29 is 0 Å². The highest BCUT2D eigenvalue weighted by molar-refractivity contribution is 8.93. The van der Waals surface area contributed by atoms with Crippen LogP contribution < -0.4 is 5.73 Å². The summed E-state index contributed by atoms with van der Waals surface area (Å²) in [6, 6.07) is 0. The normalized spacial score (nSPS) is 17.1. The molecule has 3 N–H and O–H groups in total. The maximum Gasteiger partial charge on any atom is 0.188 e. The third kappa shape index (κ3) is 2.22. The largest absolute Gasteiger partial charge is 0.370 e. The van der Waals surface area contributed by atoms with E-state index in [9.17, 15) is 0 Å². The van der Waals surface area contributed by atoms with Gasteiger partial charge >= 0.3 is 0 Å². The molecule has 1 aliphatic heterocycles. The summed E-state index contributed by atoms with van der Waals surface area (Å²) >= 11 is 0. The summed E-state index contributed by atoms with van der Waals surface area (Å²) in [5.41, 5.74) is 5.21. The van der Waals surface area contributed by atoms with Crippen LogP contribution in [0.4, 0.5) is 0 Å². The van der Waals surface area contributed by atoms with E-state index in [-0.39, 0.29) is 22.9 Å². The van der Waals surface area contributed by atoms with Gasteiger partial charge in [-0.05, 0) is 12.8 Å². The molecular weight excluding hydrogens is 182 g/mol. The number of nitrogens with zero attached hydrogens (tertiary/aromatic N) is 1. The van der Waals surface area contributed by atoms with Crippen molar-refractivity contribution in [3.05, 3.63) is 0 Å². The topological polar surface area (TPSA) is 53.1 Å². The molecule has 1 rings (SSSR count). The Hall–Kier alpha value is -0.250. The molecule has 4 heteroatoms. The number of likely N-dealkylation sites (tertiary alicyclic amines) is 1. The van der Waals surface area contributed by atoms with Crippen LogP contribution >= 0.6 is 17.0 Å². The van der Waals surface area contributed by atoms with Crippen LogP contribution in [0.5, 0.6) is 0 Å². The SMILES string of the molecule is Br.N=C(N)N1CCCC1. The van der Waals surface area contributed by atoms with Crippen molar-refractivity contribution in [3.63, 3.8) is 0 Å². The molecule has 0 aromatic heterocycles. The van der Waals surface area contributed by atoms with E-state index >= 15 is 0 Å². The second-order valence-electron chi connectivity index (χ2n) is 2.08. The molecule has 54 valence electrons. The van der Waals surface area contributed by atoms with Gasteiger partial charge in [-0.25, -0.2) is 0 Å². The molecule has 1 heterocycles. The van der Waals surface area contributed by atoms with Crippen LogP contribution in [0.2, 0.25) is 0 Å². The fraction of sp³-hybridized carbons (Fsp3) is 0.800. The Morgan fingerprint density at radius 3 is 2.00 bits per heavy atom. The second-order valence-corrected chi connectivity index (χ2v) is 2.08. The first-order valence-corrected chi connectivity index (χ1v) is 2.89. The van der Waals surface area contributed by atoms with Gasteiger partial charge in [-0.15, -0.1) is 17.0 Å². The Bertz CT molecular complexity index is 98.4. The molecule has 9 heavy (non-hydrogen) atoms. The number of rotatable bonds is 0. The smallest absolute Gasteiger partial charge is 0.188 e. The lowest BCUT2D eigenvalue weighted by molar-refractivity contribution is 0.509. The highest BCUT2D eigenvalue weighted by Crippen LogP contribution is 2.04. The minimum absolute atomic E-state index is 0. The van der Waals surface area contributed by atoms with Gasteiger partial charge in [0, 0.05) is 13.1 Å². The van der Waals surface area contributed by atoms with E-state index in [2.05, 4.69) is 0 Å². The van der Waals surface area contributed by atoms with E-state index in [4.69, 9.17) is 11.1 Å². The van der Waals surface area contributed by atoms with Gasteiger partial charge in [0.1, 0.15) is 0 Å². The highest BCUT2D eigenvalue weighted by Gasteiger charge is 2.10. The number of nitrogens with two attached hydrogens (primary N) is 1. The zero-order chi connectivity index (χ0) is 5.98. The van der Waals surface area contributed by atoms with Crippen molar-refractivity contribution in [2.45, 2.75) is 12.8 Å². The first-order chi connectivity index (χ1) is 3.80. The van der Waals surface area contributed by atoms with E-state index in [0.29, 0.717) is 0 Å². The van der Waals surface area contributed by atoms with E-state index in [1.54, 1.807) is 0 Å². The van der Waals surface area contributed by atoms with Gasteiger partial charge in [0.15, 0.2) is 5.96 Å². The van der Waals surface area contributed by atoms with E-state index in [1.165, 1.54) is 12.8 Å². The first kappa shape index (κ1) is 8.75. The number of hydrogen-bond acceptors (Lipinski definition) is 1. The van der Waals surface area contributed by atoms with Crippen LogP contribution in [-0.4, -0.2) is 23.9 Å². The maximum absolute atomic E-state index is 7.00. The summed E-state index contributed by atoms with van der Waals surface area (Å²) in [6.07, 6.45) is 2.39. The van der Waals surface area contributed by atoms with Crippen molar-refractivity contribution in [1.29, 1.82) is 5.41 Å². The molecule has 0 amide bonds. The Morgan fingerprint density at radius 1 is 1.33 bits per heavy atom. The van der Waals surface area contributed by atoms with Gasteiger partial charge in [-0.2, -0.15) is 0 Å². The van der Waals surface area contributed by atoms with Crippen molar-refractivity contribution in [3.8, 4) is 0 Å². The first-order valence-electron chi connectivity index (χ1n) is 2.89. The predicted octanol–water partition coefficient (Wildman–Crippen LogP) is 0.554. The molecule has 1 aliphatic rings. The lowest BCUT2D eigenvalue weighted by Crippen LogP contribution is -2.33. The average Bonchev–Trinajstić information content (AvgIpc) is 2.12. The van der Waals surface area contributed by atoms with Crippen LogP contribution in [-0.2, 0) is 0 Å². The number of nitrogens with one attached hydrogen (secondary N) is 1. The van der Waals surface area contributed by atoms with Gasteiger partial charge in [-0.1, -0.05) is 0 Å². The van der Waals surface area contributed by atoms with Crippen molar-refractivity contribution in [1.82, 2.24) is 4.90 Å². The summed E-state index contributed by atoms with van der Waals surface area (Å²) in [4.78, 5) is 1.89. The molecule has 0 atom stereocenters. The van der Waals surface area contributed by atoms with Crippen molar-refractivity contribution in [2.75, 3.05) is 13.1 Å². The van der Waals surface area contributed by atoms with Crippen LogP contribution in [0.15, 0.2) is 0 Å². The number of guanidine groups is 1. The van der Waals surface area contributed by atoms with E-state index in [1.807, 2.05) is 4.90 Å². The number of hydrogen-bond donors (Lipinski definition) is 2. The van der Waals surface area contributed by atoms with Crippen molar-refractivity contribution >= 4 is 22.9 Å². The third-order valence-corrected chi connectivity index (χ3v) is 1.45. The summed E-state index contributed by atoms with van der Waals surface area (Å²) < 4.78 is 0. The molecular formula is C5H12BrN3. The summed E-state index contributed by atoms with van der Waals surface area (Å²) in [6.45, 7) is 1.96. The average molecular weight is 194 g/mol. The Balaban J connectivity index is 0.000000640. The van der Waals surface area contributed by atoms with Gasteiger partial charge in [0.2, 0.25) is 0 Å². The van der Waals surface area contributed by atoms with E-state index < -0.39 is 0 Å². The van der Waals surface area contributed by atoms with Crippen LogP contribution in [0, 0.1) is 5.41 Å². The third-order valence-electron chi connectivity index (χ3n) is 1.45. The Kier molecular flexibility index (Phi) is 3.61. The van der Waals surface area contributed by atoms with Gasteiger partial charge in [0.05, 0.1) is 0 Å². The maximum atomic E-state index is 7.00. The molecule has 0 radical (unpaired) electrons. The molecule has 3 nitrogen and oxygen atoms in total. The Labute approximate surface area is 65.5 Å². The van der Waals surface area contributed by atoms with Crippen molar-refractivity contribution in [2.24, 2.45) is 5.73 Å². The summed E-state index contributed by atoms with van der Waals surface area (Å²) in [5.74, 6) is 0.225. The molecule has 0 aromatic rings. The quantitative estimate of drug-likeness (QED) is 0.437. The molecule has 0 bridgehead atoms. The zero-order valence-corrected chi connectivity index (χ0v) is 6.97.